The summed E-state index contributed by atoms with van der Waals surface area (Å²) < 4.78 is 6.77. The van der Waals surface area contributed by atoms with Crippen LogP contribution in [0.3, 0.4) is 0 Å². The molecule has 0 aliphatic carbocycles. The molecule has 0 saturated heterocycles. The zero-order valence-electron chi connectivity index (χ0n) is 11.2. The molecule has 0 atom stereocenters. The first-order valence-corrected chi connectivity index (χ1v) is 5.96. The second-order valence-corrected chi connectivity index (χ2v) is 4.22. The third kappa shape index (κ3) is 3.09. The lowest BCUT2D eigenvalue weighted by atomic mass is 10.2. The van der Waals surface area contributed by atoms with Crippen molar-refractivity contribution in [2.45, 2.75) is 13.1 Å². The molecule has 0 saturated carbocycles. The molecule has 2 aromatic rings. The number of benzene rings is 1. The normalized spacial score (nSPS) is 10.5. The van der Waals surface area contributed by atoms with Gasteiger partial charge in [0.15, 0.2) is 5.75 Å². The Hall–Kier alpha value is -2.48. The van der Waals surface area contributed by atoms with Crippen LogP contribution in [0, 0.1) is 10.1 Å². The molecular weight excluding hydrogens is 262 g/mol. The Morgan fingerprint density at radius 3 is 2.85 bits per heavy atom. The Bertz CT molecular complexity index is 611. The van der Waals surface area contributed by atoms with Gasteiger partial charge in [-0.05, 0) is 11.6 Å². The van der Waals surface area contributed by atoms with Crippen LogP contribution in [0.4, 0.5) is 5.69 Å². The summed E-state index contributed by atoms with van der Waals surface area (Å²) in [6, 6.07) is 4.88. The molecule has 0 unspecified atom stereocenters. The highest BCUT2D eigenvalue weighted by Gasteiger charge is 2.14. The number of nitrogens with one attached hydrogen (secondary N) is 1. The number of hydrogen-bond donors (Lipinski definition) is 1. The third-order valence-electron chi connectivity index (χ3n) is 2.86. The molecule has 0 radical (unpaired) electrons. The van der Waals surface area contributed by atoms with Crippen molar-refractivity contribution >= 4 is 5.69 Å². The average Bonchev–Trinajstić information content (AvgIpc) is 2.84. The van der Waals surface area contributed by atoms with E-state index in [1.54, 1.807) is 18.5 Å². The molecular formula is C12H15N5O3. The number of hydrogen-bond acceptors (Lipinski definition) is 6. The second-order valence-electron chi connectivity index (χ2n) is 4.22. The summed E-state index contributed by atoms with van der Waals surface area (Å²) >= 11 is 0. The van der Waals surface area contributed by atoms with Gasteiger partial charge < -0.3 is 14.6 Å². The first kappa shape index (κ1) is 13.9. The maximum atomic E-state index is 10.9. The van der Waals surface area contributed by atoms with Gasteiger partial charge in [0.25, 0.3) is 0 Å². The van der Waals surface area contributed by atoms with Crippen molar-refractivity contribution < 1.29 is 9.66 Å². The molecule has 1 aromatic carbocycles. The van der Waals surface area contributed by atoms with Crippen LogP contribution in [0.1, 0.15) is 11.4 Å². The minimum Gasteiger partial charge on any atom is -0.490 e. The van der Waals surface area contributed by atoms with Gasteiger partial charge in [0.1, 0.15) is 12.2 Å². The van der Waals surface area contributed by atoms with Gasteiger partial charge in [0.05, 0.1) is 18.6 Å². The van der Waals surface area contributed by atoms with Crippen molar-refractivity contribution in [3.63, 3.8) is 0 Å². The first-order chi connectivity index (χ1) is 9.61. The smallest absolute Gasteiger partial charge is 0.311 e. The standard InChI is InChI=1S/C12H15N5O3/c1-16-8-14-15-12(16)7-13-6-9-3-4-11(20-2)10(5-9)17(18)19/h3-5,8,13H,6-7H2,1-2H3. The van der Waals surface area contributed by atoms with Crippen molar-refractivity contribution in [1.82, 2.24) is 20.1 Å². The first-order valence-electron chi connectivity index (χ1n) is 5.96. The van der Waals surface area contributed by atoms with Crippen LogP contribution in [0.15, 0.2) is 24.5 Å². The number of methoxy groups -OCH3 is 1. The molecule has 8 nitrogen and oxygen atoms in total. The molecule has 0 amide bonds. The van der Waals surface area contributed by atoms with E-state index in [1.807, 2.05) is 11.6 Å². The Morgan fingerprint density at radius 2 is 2.25 bits per heavy atom. The van der Waals surface area contributed by atoms with Crippen molar-refractivity contribution in [3.8, 4) is 5.75 Å². The van der Waals surface area contributed by atoms with E-state index >= 15 is 0 Å². The van der Waals surface area contributed by atoms with E-state index in [9.17, 15) is 10.1 Å². The molecule has 0 fully saturated rings. The maximum absolute atomic E-state index is 10.9. The molecule has 1 heterocycles. The quantitative estimate of drug-likeness (QED) is 0.625. The molecule has 0 spiro atoms. The average molecular weight is 277 g/mol. The Kier molecular flexibility index (Phi) is 4.26. The zero-order chi connectivity index (χ0) is 14.5. The van der Waals surface area contributed by atoms with Crippen LogP contribution in [-0.2, 0) is 20.1 Å². The van der Waals surface area contributed by atoms with Crippen molar-refractivity contribution in [2.75, 3.05) is 7.11 Å². The summed E-state index contributed by atoms with van der Waals surface area (Å²) in [5.74, 6) is 1.06. The van der Waals surface area contributed by atoms with Crippen molar-refractivity contribution in [2.24, 2.45) is 7.05 Å². The Morgan fingerprint density at radius 1 is 1.45 bits per heavy atom. The van der Waals surface area contributed by atoms with Crippen LogP contribution in [-0.4, -0.2) is 26.8 Å². The monoisotopic (exact) mass is 277 g/mol. The van der Waals surface area contributed by atoms with Gasteiger partial charge >= 0.3 is 5.69 Å². The molecule has 1 N–H and O–H groups in total. The van der Waals surface area contributed by atoms with E-state index in [-0.39, 0.29) is 11.4 Å². The van der Waals surface area contributed by atoms with Crippen LogP contribution < -0.4 is 10.1 Å². The van der Waals surface area contributed by atoms with Gasteiger partial charge in [-0.15, -0.1) is 10.2 Å². The van der Waals surface area contributed by atoms with E-state index in [2.05, 4.69) is 15.5 Å². The number of aromatic nitrogens is 3. The summed E-state index contributed by atoms with van der Waals surface area (Å²) in [5.41, 5.74) is 0.769. The predicted molar refractivity (Wildman–Crippen MR) is 71.2 cm³/mol. The number of ether oxygens (including phenoxy) is 1. The van der Waals surface area contributed by atoms with E-state index in [0.717, 1.165) is 11.4 Å². The van der Waals surface area contributed by atoms with Crippen molar-refractivity contribution in [3.05, 3.63) is 46.0 Å². The van der Waals surface area contributed by atoms with Gasteiger partial charge in [-0.25, -0.2) is 0 Å². The lowest BCUT2D eigenvalue weighted by molar-refractivity contribution is -0.385. The summed E-state index contributed by atoms with van der Waals surface area (Å²) in [7, 11) is 3.27. The van der Waals surface area contributed by atoms with E-state index in [0.29, 0.717) is 13.1 Å². The molecule has 8 heteroatoms. The van der Waals surface area contributed by atoms with Gasteiger partial charge in [-0.2, -0.15) is 0 Å². The molecule has 20 heavy (non-hydrogen) atoms. The minimum atomic E-state index is -0.453. The molecule has 0 bridgehead atoms. The van der Waals surface area contributed by atoms with Gasteiger partial charge in [0.2, 0.25) is 0 Å². The summed E-state index contributed by atoms with van der Waals surface area (Å²) in [6.07, 6.45) is 1.62. The number of nitro groups is 1. The number of aryl methyl sites for hydroxylation is 1. The largest absolute Gasteiger partial charge is 0.490 e. The highest BCUT2D eigenvalue weighted by Crippen LogP contribution is 2.27. The highest BCUT2D eigenvalue weighted by atomic mass is 16.6. The third-order valence-corrected chi connectivity index (χ3v) is 2.86. The van der Waals surface area contributed by atoms with E-state index in [1.165, 1.54) is 13.2 Å². The van der Waals surface area contributed by atoms with Gasteiger partial charge in [0, 0.05) is 19.7 Å². The van der Waals surface area contributed by atoms with Gasteiger partial charge in [-0.3, -0.25) is 10.1 Å². The number of nitrogens with zero attached hydrogens (tertiary/aromatic N) is 4. The number of nitro benzene ring substituents is 1. The SMILES string of the molecule is COc1ccc(CNCc2nncn2C)cc1[N+](=O)[O-]. The van der Waals surface area contributed by atoms with Crippen LogP contribution in [0.25, 0.3) is 0 Å². The fourth-order valence-corrected chi connectivity index (χ4v) is 1.77. The van der Waals surface area contributed by atoms with Crippen LogP contribution >= 0.6 is 0 Å². The topological polar surface area (TPSA) is 95.1 Å². The Balaban J connectivity index is 2.01. The molecule has 106 valence electrons. The van der Waals surface area contributed by atoms with E-state index < -0.39 is 4.92 Å². The molecule has 1 aromatic heterocycles. The number of rotatable bonds is 6. The molecule has 2 rings (SSSR count). The fraction of sp³-hybridized carbons (Fsp3) is 0.333. The lowest BCUT2D eigenvalue weighted by Gasteiger charge is -2.06. The highest BCUT2D eigenvalue weighted by molar-refractivity contribution is 5.48. The van der Waals surface area contributed by atoms with Crippen LogP contribution in [0.5, 0.6) is 5.75 Å². The maximum Gasteiger partial charge on any atom is 0.311 e. The predicted octanol–water partition coefficient (Wildman–Crippen LogP) is 1.02. The summed E-state index contributed by atoms with van der Waals surface area (Å²) in [4.78, 5) is 10.5. The zero-order valence-corrected chi connectivity index (χ0v) is 11.2. The van der Waals surface area contributed by atoms with E-state index in [4.69, 9.17) is 4.74 Å². The minimum absolute atomic E-state index is 0.0366. The second kappa shape index (κ2) is 6.11. The van der Waals surface area contributed by atoms with Crippen LogP contribution in [0.2, 0.25) is 0 Å². The van der Waals surface area contributed by atoms with Gasteiger partial charge in [-0.1, -0.05) is 6.07 Å². The lowest BCUT2D eigenvalue weighted by Crippen LogP contribution is -2.15. The van der Waals surface area contributed by atoms with Crippen molar-refractivity contribution in [1.29, 1.82) is 0 Å². The fourth-order valence-electron chi connectivity index (χ4n) is 1.77. The summed E-state index contributed by atoms with van der Waals surface area (Å²) in [5, 5.41) is 21.8. The molecule has 0 aliphatic heterocycles. The Labute approximate surface area is 115 Å². The molecule has 0 aliphatic rings. The summed E-state index contributed by atoms with van der Waals surface area (Å²) in [6.45, 7) is 1.04.